The van der Waals surface area contributed by atoms with Crippen LogP contribution < -0.4 is 4.74 Å². The van der Waals surface area contributed by atoms with Gasteiger partial charge in [-0.05, 0) is 37.1 Å². The van der Waals surface area contributed by atoms with Crippen molar-refractivity contribution in [1.82, 2.24) is 9.78 Å². The molecule has 0 spiro atoms. The van der Waals surface area contributed by atoms with Gasteiger partial charge in [0.25, 0.3) is 0 Å². The Morgan fingerprint density at radius 2 is 2.22 bits per heavy atom. The van der Waals surface area contributed by atoms with Crippen molar-refractivity contribution in [3.8, 4) is 17.0 Å². The van der Waals surface area contributed by atoms with Gasteiger partial charge in [0.2, 0.25) is 0 Å². The molecule has 4 nitrogen and oxygen atoms in total. The molecule has 0 amide bonds. The van der Waals surface area contributed by atoms with Crippen LogP contribution in [0.1, 0.15) is 29.2 Å². The third kappa shape index (κ3) is 1.90. The number of benzene rings is 1. The van der Waals surface area contributed by atoms with Crippen molar-refractivity contribution in [2.24, 2.45) is 0 Å². The Balaban J connectivity index is 2.04. The molecule has 0 N–H and O–H groups in total. The van der Waals surface area contributed by atoms with Crippen LogP contribution in [-0.4, -0.2) is 23.2 Å². The number of rotatable bonds is 4. The maximum absolute atomic E-state index is 10.8. The van der Waals surface area contributed by atoms with E-state index < -0.39 is 0 Å². The molecule has 1 aromatic carbocycles. The largest absolute Gasteiger partial charge is 0.496 e. The Labute approximate surface area is 105 Å². The summed E-state index contributed by atoms with van der Waals surface area (Å²) in [5.41, 5.74) is 2.34. The van der Waals surface area contributed by atoms with Gasteiger partial charge in [-0.3, -0.25) is 9.48 Å². The van der Waals surface area contributed by atoms with Gasteiger partial charge in [-0.15, -0.1) is 0 Å². The molecule has 1 aromatic heterocycles. The van der Waals surface area contributed by atoms with Gasteiger partial charge in [-0.2, -0.15) is 5.10 Å². The summed E-state index contributed by atoms with van der Waals surface area (Å²) in [7, 11) is 1.62. The average Bonchev–Trinajstić information content (AvgIpc) is 3.16. The first-order valence-corrected chi connectivity index (χ1v) is 6.00. The lowest BCUT2D eigenvalue weighted by molar-refractivity contribution is 0.112. The number of carbonyl (C=O) groups excluding carboxylic acids is 1. The van der Waals surface area contributed by atoms with Gasteiger partial charge < -0.3 is 4.74 Å². The molecule has 1 aliphatic rings. The number of methoxy groups -OCH3 is 1. The number of ether oxygens (including phenoxy) is 1. The number of nitrogens with zero attached hydrogens (tertiary/aromatic N) is 2. The van der Waals surface area contributed by atoms with Crippen LogP contribution in [0.5, 0.6) is 5.75 Å². The highest BCUT2D eigenvalue weighted by atomic mass is 16.5. The van der Waals surface area contributed by atoms with Crippen molar-refractivity contribution in [3.05, 3.63) is 36.0 Å². The van der Waals surface area contributed by atoms with Gasteiger partial charge in [0.05, 0.1) is 18.8 Å². The van der Waals surface area contributed by atoms with E-state index >= 15 is 0 Å². The van der Waals surface area contributed by atoms with E-state index in [-0.39, 0.29) is 0 Å². The van der Waals surface area contributed by atoms with Gasteiger partial charge in [-0.25, -0.2) is 0 Å². The predicted octanol–water partition coefficient (Wildman–Crippen LogP) is 2.71. The van der Waals surface area contributed by atoms with Crippen molar-refractivity contribution >= 4 is 6.29 Å². The fourth-order valence-corrected chi connectivity index (χ4v) is 2.02. The van der Waals surface area contributed by atoms with Crippen molar-refractivity contribution in [1.29, 1.82) is 0 Å². The molecule has 0 atom stereocenters. The second kappa shape index (κ2) is 4.29. The molecule has 1 heterocycles. The second-order valence-electron chi connectivity index (χ2n) is 4.49. The summed E-state index contributed by atoms with van der Waals surface area (Å²) in [6.45, 7) is 0. The highest BCUT2D eigenvalue weighted by molar-refractivity contribution is 5.80. The van der Waals surface area contributed by atoms with Crippen molar-refractivity contribution in [2.75, 3.05) is 7.11 Å². The van der Waals surface area contributed by atoms with E-state index in [0.29, 0.717) is 11.6 Å². The van der Waals surface area contributed by atoms with Crippen LogP contribution in [0.3, 0.4) is 0 Å². The quantitative estimate of drug-likeness (QED) is 0.774. The maximum atomic E-state index is 10.8. The Morgan fingerprint density at radius 3 is 2.89 bits per heavy atom. The molecule has 0 aliphatic heterocycles. The van der Waals surface area contributed by atoms with Gasteiger partial charge in [0.1, 0.15) is 12.0 Å². The van der Waals surface area contributed by atoms with Gasteiger partial charge in [-0.1, -0.05) is 0 Å². The zero-order chi connectivity index (χ0) is 12.5. The molecule has 1 saturated carbocycles. The monoisotopic (exact) mass is 242 g/mol. The first-order chi connectivity index (χ1) is 8.81. The number of hydrogen-bond donors (Lipinski definition) is 0. The predicted molar refractivity (Wildman–Crippen MR) is 67.9 cm³/mol. The van der Waals surface area contributed by atoms with Crippen molar-refractivity contribution in [2.45, 2.75) is 18.9 Å². The molecule has 1 fully saturated rings. The van der Waals surface area contributed by atoms with Crippen LogP contribution >= 0.6 is 0 Å². The molecule has 0 bridgehead atoms. The zero-order valence-corrected chi connectivity index (χ0v) is 10.2. The molecule has 3 rings (SSSR count). The van der Waals surface area contributed by atoms with E-state index in [1.807, 2.05) is 23.0 Å². The minimum Gasteiger partial charge on any atom is -0.496 e. The third-order valence-corrected chi connectivity index (χ3v) is 3.16. The molecule has 1 aliphatic carbocycles. The van der Waals surface area contributed by atoms with E-state index in [1.54, 1.807) is 19.2 Å². The molecular formula is C14H14N2O2. The highest BCUT2D eigenvalue weighted by Crippen LogP contribution is 2.36. The third-order valence-electron chi connectivity index (χ3n) is 3.16. The average molecular weight is 242 g/mol. The molecule has 2 aromatic rings. The molecule has 0 saturated heterocycles. The number of carbonyl (C=O) groups is 1. The van der Waals surface area contributed by atoms with Gasteiger partial charge in [0.15, 0.2) is 0 Å². The van der Waals surface area contributed by atoms with E-state index in [9.17, 15) is 4.79 Å². The maximum Gasteiger partial charge on any atom is 0.150 e. The first-order valence-electron chi connectivity index (χ1n) is 6.00. The molecular weight excluding hydrogens is 228 g/mol. The van der Waals surface area contributed by atoms with Crippen LogP contribution in [0, 0.1) is 0 Å². The van der Waals surface area contributed by atoms with E-state index in [0.717, 1.165) is 23.3 Å². The van der Waals surface area contributed by atoms with Crippen LogP contribution in [0.25, 0.3) is 11.3 Å². The molecule has 18 heavy (non-hydrogen) atoms. The molecule has 0 radical (unpaired) electrons. The van der Waals surface area contributed by atoms with E-state index in [4.69, 9.17) is 4.74 Å². The first kappa shape index (κ1) is 11.0. The highest BCUT2D eigenvalue weighted by Gasteiger charge is 2.24. The fourth-order valence-electron chi connectivity index (χ4n) is 2.02. The Hall–Kier alpha value is -2.10. The smallest absolute Gasteiger partial charge is 0.150 e. The Kier molecular flexibility index (Phi) is 2.63. The summed E-state index contributed by atoms with van der Waals surface area (Å²) in [5.74, 6) is 0.738. The summed E-state index contributed by atoms with van der Waals surface area (Å²) in [6.07, 6.45) is 5.22. The molecule has 4 heteroatoms. The zero-order valence-electron chi connectivity index (χ0n) is 10.2. The fraction of sp³-hybridized carbons (Fsp3) is 0.286. The second-order valence-corrected chi connectivity index (χ2v) is 4.49. The summed E-state index contributed by atoms with van der Waals surface area (Å²) in [6, 6.07) is 7.87. The van der Waals surface area contributed by atoms with Crippen LogP contribution in [0.4, 0.5) is 0 Å². The van der Waals surface area contributed by atoms with Crippen LogP contribution in [-0.2, 0) is 0 Å². The molecule has 0 unspecified atom stereocenters. The summed E-state index contributed by atoms with van der Waals surface area (Å²) >= 11 is 0. The molecule has 92 valence electrons. The number of aromatic nitrogens is 2. The van der Waals surface area contributed by atoms with E-state index in [2.05, 4.69) is 5.10 Å². The summed E-state index contributed by atoms with van der Waals surface area (Å²) < 4.78 is 7.31. The normalized spacial score (nSPS) is 14.5. The van der Waals surface area contributed by atoms with Crippen molar-refractivity contribution < 1.29 is 9.53 Å². The van der Waals surface area contributed by atoms with Crippen molar-refractivity contribution in [3.63, 3.8) is 0 Å². The lowest BCUT2D eigenvalue weighted by Gasteiger charge is -2.06. The lowest BCUT2D eigenvalue weighted by Crippen LogP contribution is -1.95. The summed E-state index contributed by atoms with van der Waals surface area (Å²) in [5, 5.41) is 4.55. The van der Waals surface area contributed by atoms with Gasteiger partial charge in [0, 0.05) is 17.3 Å². The Morgan fingerprint density at radius 1 is 1.39 bits per heavy atom. The lowest BCUT2D eigenvalue weighted by atomic mass is 10.1. The number of hydrogen-bond acceptors (Lipinski definition) is 3. The van der Waals surface area contributed by atoms with Gasteiger partial charge >= 0.3 is 0 Å². The Bertz CT molecular complexity index is 585. The van der Waals surface area contributed by atoms with Crippen LogP contribution in [0.2, 0.25) is 0 Å². The van der Waals surface area contributed by atoms with Crippen LogP contribution in [0.15, 0.2) is 30.5 Å². The summed E-state index contributed by atoms with van der Waals surface area (Å²) in [4.78, 5) is 10.8. The minimum atomic E-state index is 0.555. The topological polar surface area (TPSA) is 44.1 Å². The standard InChI is InChI=1S/C14H14N2O2/c1-18-14-5-2-10(9-17)8-12(14)13-6-7-16(15-13)11-3-4-11/h2,5-9,11H,3-4H2,1H3. The SMILES string of the molecule is COc1ccc(C=O)cc1-c1ccn(C2CC2)n1. The number of aldehydes is 1. The minimum absolute atomic E-state index is 0.555. The van der Waals surface area contributed by atoms with E-state index in [1.165, 1.54) is 12.8 Å².